The topological polar surface area (TPSA) is 18.5 Å². The van der Waals surface area contributed by atoms with Crippen LogP contribution in [0.15, 0.2) is 0 Å². The second-order valence-electron chi connectivity index (χ2n) is 3.91. The summed E-state index contributed by atoms with van der Waals surface area (Å²) in [5.74, 6) is -0.432. The van der Waals surface area contributed by atoms with Crippen molar-refractivity contribution in [3.8, 4) is 0 Å². The first-order valence-corrected chi connectivity index (χ1v) is 4.08. The monoisotopic (exact) mass is 160 g/mol. The van der Waals surface area contributed by atoms with Crippen LogP contribution in [0, 0.1) is 0 Å². The smallest absolute Gasteiger partial charge is 0.165 e. The fourth-order valence-electron chi connectivity index (χ4n) is 0.906. The van der Waals surface area contributed by atoms with E-state index in [2.05, 4.69) is 6.92 Å². The summed E-state index contributed by atoms with van der Waals surface area (Å²) in [6.07, 6.45) is 0.862. The lowest BCUT2D eigenvalue weighted by molar-refractivity contribution is -0.257. The molecule has 1 atom stereocenters. The molecule has 2 nitrogen and oxygen atoms in total. The Balaban J connectivity index is 4.08. The minimum Gasteiger partial charge on any atom is -0.353 e. The number of rotatable bonds is 3. The SMILES string of the molecule is CCC(C)(OC)OC(C)(C)C. The molecule has 0 fully saturated rings. The van der Waals surface area contributed by atoms with Crippen molar-refractivity contribution in [3.05, 3.63) is 0 Å². The first kappa shape index (κ1) is 10.9. The highest BCUT2D eigenvalue weighted by Crippen LogP contribution is 2.23. The molecule has 1 unspecified atom stereocenters. The molecule has 0 aliphatic carbocycles. The van der Waals surface area contributed by atoms with Crippen LogP contribution in [0.1, 0.15) is 41.0 Å². The minimum absolute atomic E-state index is 0.138. The summed E-state index contributed by atoms with van der Waals surface area (Å²) in [7, 11) is 1.68. The summed E-state index contributed by atoms with van der Waals surface area (Å²) in [5.41, 5.74) is -0.138. The van der Waals surface area contributed by atoms with Gasteiger partial charge in [0.2, 0.25) is 0 Å². The molecule has 2 heteroatoms. The normalized spacial score (nSPS) is 18.0. The Morgan fingerprint density at radius 1 is 1.09 bits per heavy atom. The Morgan fingerprint density at radius 2 is 1.55 bits per heavy atom. The van der Waals surface area contributed by atoms with Gasteiger partial charge in [0.1, 0.15) is 0 Å². The molecule has 0 saturated heterocycles. The van der Waals surface area contributed by atoms with Crippen molar-refractivity contribution in [1.82, 2.24) is 0 Å². The first-order valence-electron chi connectivity index (χ1n) is 4.08. The molecular weight excluding hydrogens is 140 g/mol. The van der Waals surface area contributed by atoms with Crippen molar-refractivity contribution in [2.24, 2.45) is 0 Å². The molecule has 0 saturated carbocycles. The highest BCUT2D eigenvalue weighted by atomic mass is 16.7. The lowest BCUT2D eigenvalue weighted by Gasteiger charge is -2.34. The predicted molar refractivity (Wildman–Crippen MR) is 46.5 cm³/mol. The van der Waals surface area contributed by atoms with Crippen LogP contribution in [-0.4, -0.2) is 18.5 Å². The third-order valence-corrected chi connectivity index (χ3v) is 1.60. The predicted octanol–water partition coefficient (Wildman–Crippen LogP) is 2.57. The van der Waals surface area contributed by atoms with Crippen molar-refractivity contribution in [3.63, 3.8) is 0 Å². The van der Waals surface area contributed by atoms with Crippen LogP contribution in [0.4, 0.5) is 0 Å². The van der Waals surface area contributed by atoms with Gasteiger partial charge in [0.15, 0.2) is 5.79 Å². The van der Waals surface area contributed by atoms with Gasteiger partial charge in [-0.1, -0.05) is 6.92 Å². The van der Waals surface area contributed by atoms with Crippen molar-refractivity contribution >= 4 is 0 Å². The van der Waals surface area contributed by atoms with Gasteiger partial charge in [-0.15, -0.1) is 0 Å². The molecule has 0 spiro atoms. The molecule has 0 aromatic heterocycles. The van der Waals surface area contributed by atoms with Gasteiger partial charge in [-0.25, -0.2) is 0 Å². The van der Waals surface area contributed by atoms with E-state index in [0.717, 1.165) is 6.42 Å². The zero-order valence-corrected chi connectivity index (χ0v) is 8.52. The Labute approximate surface area is 69.9 Å². The molecule has 0 aliphatic rings. The van der Waals surface area contributed by atoms with Crippen LogP contribution < -0.4 is 0 Å². The van der Waals surface area contributed by atoms with E-state index in [1.54, 1.807) is 7.11 Å². The van der Waals surface area contributed by atoms with Crippen molar-refractivity contribution in [1.29, 1.82) is 0 Å². The maximum absolute atomic E-state index is 5.70. The summed E-state index contributed by atoms with van der Waals surface area (Å²) >= 11 is 0. The number of ether oxygens (including phenoxy) is 2. The molecule has 0 aromatic rings. The van der Waals surface area contributed by atoms with Gasteiger partial charge in [-0.2, -0.15) is 0 Å². The molecule has 68 valence electrons. The Bertz CT molecular complexity index is 109. The maximum atomic E-state index is 5.70. The average Bonchev–Trinajstić information content (AvgIpc) is 1.84. The average molecular weight is 160 g/mol. The van der Waals surface area contributed by atoms with Crippen LogP contribution in [-0.2, 0) is 9.47 Å². The van der Waals surface area contributed by atoms with Crippen LogP contribution in [0.2, 0.25) is 0 Å². The third kappa shape index (κ3) is 4.38. The largest absolute Gasteiger partial charge is 0.353 e. The molecule has 0 aliphatic heterocycles. The molecule has 0 N–H and O–H groups in total. The van der Waals surface area contributed by atoms with Gasteiger partial charge in [0.05, 0.1) is 5.60 Å². The Hall–Kier alpha value is -0.0800. The molecular formula is C9H20O2. The van der Waals surface area contributed by atoms with E-state index in [4.69, 9.17) is 9.47 Å². The molecule has 0 amide bonds. The van der Waals surface area contributed by atoms with E-state index in [1.807, 2.05) is 27.7 Å². The van der Waals surface area contributed by atoms with E-state index in [0.29, 0.717) is 0 Å². The van der Waals surface area contributed by atoms with E-state index >= 15 is 0 Å². The molecule has 11 heavy (non-hydrogen) atoms. The minimum atomic E-state index is -0.432. The van der Waals surface area contributed by atoms with Gasteiger partial charge in [-0.05, 0) is 34.1 Å². The maximum Gasteiger partial charge on any atom is 0.165 e. The fraction of sp³-hybridized carbons (Fsp3) is 1.00. The third-order valence-electron chi connectivity index (χ3n) is 1.60. The van der Waals surface area contributed by atoms with Crippen molar-refractivity contribution in [2.45, 2.75) is 52.4 Å². The van der Waals surface area contributed by atoms with E-state index in [9.17, 15) is 0 Å². The van der Waals surface area contributed by atoms with Crippen LogP contribution >= 0.6 is 0 Å². The quantitative estimate of drug-likeness (QED) is 0.591. The summed E-state index contributed by atoms with van der Waals surface area (Å²) in [6, 6.07) is 0. The van der Waals surface area contributed by atoms with Crippen LogP contribution in [0.3, 0.4) is 0 Å². The van der Waals surface area contributed by atoms with Crippen LogP contribution in [0.25, 0.3) is 0 Å². The highest BCUT2D eigenvalue weighted by Gasteiger charge is 2.27. The second kappa shape index (κ2) is 3.55. The van der Waals surface area contributed by atoms with Gasteiger partial charge in [0, 0.05) is 7.11 Å². The van der Waals surface area contributed by atoms with Gasteiger partial charge >= 0.3 is 0 Å². The lowest BCUT2D eigenvalue weighted by atomic mass is 10.1. The standard InChI is InChI=1S/C9H20O2/c1-7-9(5,10-6)11-8(2,3)4/h7H2,1-6H3. The van der Waals surface area contributed by atoms with Gasteiger partial charge < -0.3 is 9.47 Å². The van der Waals surface area contributed by atoms with Crippen LogP contribution in [0.5, 0.6) is 0 Å². The molecule has 0 rings (SSSR count). The summed E-state index contributed by atoms with van der Waals surface area (Å²) in [4.78, 5) is 0. The summed E-state index contributed by atoms with van der Waals surface area (Å²) in [6.45, 7) is 10.1. The second-order valence-corrected chi connectivity index (χ2v) is 3.91. The zero-order chi connectivity index (χ0) is 9.12. The molecule has 0 radical (unpaired) electrons. The summed E-state index contributed by atoms with van der Waals surface area (Å²) in [5, 5.41) is 0. The van der Waals surface area contributed by atoms with Gasteiger partial charge in [-0.3, -0.25) is 0 Å². The van der Waals surface area contributed by atoms with E-state index < -0.39 is 5.79 Å². The molecule has 0 bridgehead atoms. The zero-order valence-electron chi connectivity index (χ0n) is 8.52. The molecule has 0 aromatic carbocycles. The van der Waals surface area contributed by atoms with Gasteiger partial charge in [0.25, 0.3) is 0 Å². The summed E-state index contributed by atoms with van der Waals surface area (Å²) < 4.78 is 10.9. The number of methoxy groups -OCH3 is 1. The lowest BCUT2D eigenvalue weighted by Crippen LogP contribution is -2.38. The Morgan fingerprint density at radius 3 is 1.64 bits per heavy atom. The van der Waals surface area contributed by atoms with E-state index in [-0.39, 0.29) is 5.60 Å². The fourth-order valence-corrected chi connectivity index (χ4v) is 0.906. The van der Waals surface area contributed by atoms with Crippen molar-refractivity contribution < 1.29 is 9.47 Å². The van der Waals surface area contributed by atoms with E-state index in [1.165, 1.54) is 0 Å². The number of hydrogen-bond acceptors (Lipinski definition) is 2. The molecule has 0 heterocycles. The number of hydrogen-bond donors (Lipinski definition) is 0. The Kier molecular flexibility index (Phi) is 3.52. The first-order chi connectivity index (χ1) is 4.83. The highest BCUT2D eigenvalue weighted by molar-refractivity contribution is 4.67. The van der Waals surface area contributed by atoms with Crippen molar-refractivity contribution in [2.75, 3.05) is 7.11 Å².